The summed E-state index contributed by atoms with van der Waals surface area (Å²) in [7, 11) is 1.67. The Morgan fingerprint density at radius 3 is 2.62 bits per heavy atom. The topological polar surface area (TPSA) is 60.2 Å². The normalized spacial score (nSPS) is 21.0. The van der Waals surface area contributed by atoms with E-state index in [1.54, 1.807) is 18.9 Å². The van der Waals surface area contributed by atoms with Gasteiger partial charge < -0.3 is 9.84 Å². The third kappa shape index (κ3) is 3.59. The fraction of sp³-hybridized carbons (Fsp3) is 0.556. The van der Waals surface area contributed by atoms with Gasteiger partial charge in [0.1, 0.15) is 5.75 Å². The maximum absolute atomic E-state index is 9.17. The summed E-state index contributed by atoms with van der Waals surface area (Å²) in [6.45, 7) is 2.47. The predicted octanol–water partition coefficient (Wildman–Crippen LogP) is 3.79. The monoisotopic (exact) mass is 347 g/mol. The third-order valence-electron chi connectivity index (χ3n) is 4.73. The van der Waals surface area contributed by atoms with Crippen molar-refractivity contribution in [3.05, 3.63) is 24.3 Å². The van der Waals surface area contributed by atoms with Gasteiger partial charge in [-0.1, -0.05) is 31.5 Å². The van der Waals surface area contributed by atoms with Gasteiger partial charge in [-0.25, -0.2) is 0 Å². The first-order valence-corrected chi connectivity index (χ1v) is 9.56. The lowest BCUT2D eigenvalue weighted by molar-refractivity contribution is 0.247. The maximum atomic E-state index is 9.17. The van der Waals surface area contributed by atoms with E-state index in [0.717, 1.165) is 28.7 Å². The Hall–Kier alpha value is -1.53. The quantitative estimate of drug-likeness (QED) is 0.806. The van der Waals surface area contributed by atoms with Gasteiger partial charge >= 0.3 is 0 Å². The van der Waals surface area contributed by atoms with Gasteiger partial charge in [-0.05, 0) is 43.0 Å². The van der Waals surface area contributed by atoms with E-state index in [0.29, 0.717) is 17.7 Å². The Morgan fingerprint density at radius 2 is 1.96 bits per heavy atom. The average Bonchev–Trinajstić information content (AvgIpc) is 3.04. The summed E-state index contributed by atoms with van der Waals surface area (Å²) in [6.07, 6.45) is 4.96. The molecule has 0 amide bonds. The molecule has 3 rings (SSSR count). The lowest BCUT2D eigenvalue weighted by Gasteiger charge is -2.31. The number of thioether (sulfide) groups is 1. The zero-order chi connectivity index (χ0) is 16.9. The van der Waals surface area contributed by atoms with E-state index in [1.807, 2.05) is 24.3 Å². The molecule has 1 aliphatic rings. The summed E-state index contributed by atoms with van der Waals surface area (Å²) in [4.78, 5) is 0. The number of methoxy groups -OCH3 is 1. The molecule has 2 atom stereocenters. The van der Waals surface area contributed by atoms with E-state index in [9.17, 15) is 5.11 Å². The van der Waals surface area contributed by atoms with Crippen LogP contribution in [0.5, 0.6) is 5.75 Å². The molecule has 6 heteroatoms. The van der Waals surface area contributed by atoms with Crippen LogP contribution in [-0.4, -0.2) is 39.3 Å². The zero-order valence-electron chi connectivity index (χ0n) is 14.3. The van der Waals surface area contributed by atoms with E-state index in [2.05, 4.69) is 21.7 Å². The maximum Gasteiger partial charge on any atom is 0.191 e. The highest BCUT2D eigenvalue weighted by molar-refractivity contribution is 7.99. The molecule has 130 valence electrons. The fourth-order valence-corrected chi connectivity index (χ4v) is 4.16. The summed E-state index contributed by atoms with van der Waals surface area (Å²) in [5.74, 6) is 3.00. The van der Waals surface area contributed by atoms with Crippen LogP contribution in [-0.2, 0) is 0 Å². The predicted molar refractivity (Wildman–Crippen MR) is 96.5 cm³/mol. The molecule has 0 radical (unpaired) electrons. The number of aromatic nitrogens is 3. The molecule has 0 saturated heterocycles. The third-order valence-corrected chi connectivity index (χ3v) is 5.66. The van der Waals surface area contributed by atoms with Crippen molar-refractivity contribution in [2.45, 2.75) is 43.8 Å². The van der Waals surface area contributed by atoms with Crippen molar-refractivity contribution in [2.24, 2.45) is 5.92 Å². The second kappa shape index (κ2) is 8.03. The Morgan fingerprint density at radius 1 is 1.21 bits per heavy atom. The number of aliphatic hydroxyl groups is 1. The molecule has 1 saturated carbocycles. The van der Waals surface area contributed by atoms with E-state index in [4.69, 9.17) is 4.74 Å². The second-order valence-corrected chi connectivity index (χ2v) is 7.37. The van der Waals surface area contributed by atoms with Crippen LogP contribution in [0.3, 0.4) is 0 Å². The smallest absolute Gasteiger partial charge is 0.191 e. The average molecular weight is 347 g/mol. The summed E-state index contributed by atoms with van der Waals surface area (Å²) >= 11 is 1.58. The number of nitrogens with zero attached hydrogens (tertiary/aromatic N) is 3. The first kappa shape index (κ1) is 17.3. The summed E-state index contributed by atoms with van der Waals surface area (Å²) in [6, 6.07) is 8.41. The minimum Gasteiger partial charge on any atom is -0.497 e. The van der Waals surface area contributed by atoms with Gasteiger partial charge in [-0.2, -0.15) is 0 Å². The molecule has 0 bridgehead atoms. The highest BCUT2D eigenvalue weighted by Crippen LogP contribution is 2.39. The van der Waals surface area contributed by atoms with Gasteiger partial charge in [0.2, 0.25) is 0 Å². The summed E-state index contributed by atoms with van der Waals surface area (Å²) in [5, 5.41) is 19.0. The molecular formula is C18H25N3O2S. The van der Waals surface area contributed by atoms with Crippen molar-refractivity contribution >= 4 is 11.8 Å². The Labute approximate surface area is 147 Å². The molecule has 1 heterocycles. The van der Waals surface area contributed by atoms with Crippen molar-refractivity contribution in [3.8, 4) is 17.1 Å². The van der Waals surface area contributed by atoms with Crippen molar-refractivity contribution in [3.63, 3.8) is 0 Å². The van der Waals surface area contributed by atoms with Crippen LogP contribution in [0.4, 0.5) is 0 Å². The molecule has 0 unspecified atom stereocenters. The Bertz CT molecular complexity index is 657. The second-order valence-electron chi connectivity index (χ2n) is 6.31. The molecular weight excluding hydrogens is 322 g/mol. The number of rotatable bonds is 6. The standard InChI is InChI=1S/C18H25N3O2S/c1-13-5-3-4-6-16(13)21-17(19-20-18(21)24-12-11-22)14-7-9-15(23-2)10-8-14/h7-10,13,16,22H,3-6,11-12H2,1-2H3/t13-,16-/m0/s1. The molecule has 0 aliphatic heterocycles. The molecule has 24 heavy (non-hydrogen) atoms. The molecule has 2 aromatic rings. The van der Waals surface area contributed by atoms with Crippen molar-refractivity contribution in [2.75, 3.05) is 19.5 Å². The SMILES string of the molecule is COc1ccc(-c2nnc(SCCO)n2[C@H]2CCCC[C@@H]2C)cc1. The molecule has 5 nitrogen and oxygen atoms in total. The first-order chi connectivity index (χ1) is 11.7. The number of ether oxygens (including phenoxy) is 1. The molecule has 1 aliphatic carbocycles. The number of hydrogen-bond acceptors (Lipinski definition) is 5. The minimum absolute atomic E-state index is 0.148. The fourth-order valence-electron chi connectivity index (χ4n) is 3.43. The molecule has 1 aromatic heterocycles. The van der Waals surface area contributed by atoms with Gasteiger partial charge in [-0.15, -0.1) is 10.2 Å². The molecule has 1 N–H and O–H groups in total. The largest absolute Gasteiger partial charge is 0.497 e. The van der Waals surface area contributed by atoms with Gasteiger partial charge in [0.05, 0.1) is 13.7 Å². The van der Waals surface area contributed by atoms with Crippen LogP contribution >= 0.6 is 11.8 Å². The van der Waals surface area contributed by atoms with Crippen LogP contribution in [0.2, 0.25) is 0 Å². The molecule has 0 spiro atoms. The van der Waals surface area contributed by atoms with Crippen LogP contribution in [0, 0.1) is 5.92 Å². The number of aliphatic hydroxyl groups excluding tert-OH is 1. The van der Waals surface area contributed by atoms with Gasteiger partial charge in [0.15, 0.2) is 11.0 Å². The first-order valence-electron chi connectivity index (χ1n) is 8.57. The highest BCUT2D eigenvalue weighted by atomic mass is 32.2. The van der Waals surface area contributed by atoms with E-state index in [-0.39, 0.29) is 6.61 Å². The Kier molecular flexibility index (Phi) is 5.79. The lowest BCUT2D eigenvalue weighted by atomic mass is 9.85. The van der Waals surface area contributed by atoms with Crippen LogP contribution in [0.25, 0.3) is 11.4 Å². The van der Waals surface area contributed by atoms with E-state index in [1.165, 1.54) is 19.3 Å². The van der Waals surface area contributed by atoms with Crippen molar-refractivity contribution in [1.82, 2.24) is 14.8 Å². The minimum atomic E-state index is 0.148. The van der Waals surface area contributed by atoms with E-state index < -0.39 is 0 Å². The molecule has 1 aromatic carbocycles. The van der Waals surface area contributed by atoms with Crippen molar-refractivity contribution < 1.29 is 9.84 Å². The number of benzene rings is 1. The van der Waals surface area contributed by atoms with Gasteiger partial charge in [-0.3, -0.25) is 4.57 Å². The summed E-state index contributed by atoms with van der Waals surface area (Å²) in [5.41, 5.74) is 1.05. The van der Waals surface area contributed by atoms with Crippen molar-refractivity contribution in [1.29, 1.82) is 0 Å². The Balaban J connectivity index is 1.99. The zero-order valence-corrected chi connectivity index (χ0v) is 15.1. The van der Waals surface area contributed by atoms with Gasteiger partial charge in [0.25, 0.3) is 0 Å². The van der Waals surface area contributed by atoms with Crippen LogP contribution < -0.4 is 4.74 Å². The van der Waals surface area contributed by atoms with Gasteiger partial charge in [0, 0.05) is 17.4 Å². The van der Waals surface area contributed by atoms with Crippen LogP contribution in [0.15, 0.2) is 29.4 Å². The highest BCUT2D eigenvalue weighted by Gasteiger charge is 2.28. The lowest BCUT2D eigenvalue weighted by Crippen LogP contribution is -2.22. The molecule has 1 fully saturated rings. The summed E-state index contributed by atoms with van der Waals surface area (Å²) < 4.78 is 7.55. The number of hydrogen-bond donors (Lipinski definition) is 1. The van der Waals surface area contributed by atoms with E-state index >= 15 is 0 Å². The van der Waals surface area contributed by atoms with Crippen LogP contribution in [0.1, 0.15) is 38.6 Å².